The second kappa shape index (κ2) is 8.99. The Hall–Kier alpha value is -2.57. The van der Waals surface area contributed by atoms with Gasteiger partial charge in [-0.2, -0.15) is 0 Å². The zero-order chi connectivity index (χ0) is 23.1. The predicted molar refractivity (Wildman–Crippen MR) is 140 cm³/mol. The Bertz CT molecular complexity index is 1150. The molecule has 2 aliphatic heterocycles. The molecule has 2 fully saturated rings. The van der Waals surface area contributed by atoms with Crippen LogP contribution in [0.4, 0.5) is 11.4 Å². The van der Waals surface area contributed by atoms with Crippen molar-refractivity contribution in [1.82, 2.24) is 14.9 Å². The maximum absolute atomic E-state index is 6.86. The number of aryl methyl sites for hydroxylation is 1. The Morgan fingerprint density at radius 2 is 1.88 bits per heavy atom. The van der Waals surface area contributed by atoms with Crippen molar-refractivity contribution in [3.63, 3.8) is 0 Å². The highest BCUT2D eigenvalue weighted by atomic mass is 35.5. The summed E-state index contributed by atoms with van der Waals surface area (Å²) in [7, 11) is 2.10. The molecular formula is C26H30ClN5S. The fraction of sp³-hybridized carbons (Fsp3) is 0.385. The number of hydrogen-bond donors (Lipinski definition) is 1. The molecule has 1 N–H and O–H groups in total. The third kappa shape index (κ3) is 4.11. The number of halogens is 1. The number of benzene rings is 1. The van der Waals surface area contributed by atoms with Crippen molar-refractivity contribution >= 4 is 40.3 Å². The van der Waals surface area contributed by atoms with Crippen molar-refractivity contribution in [3.05, 3.63) is 76.8 Å². The molecule has 33 heavy (non-hydrogen) atoms. The van der Waals surface area contributed by atoms with Crippen molar-refractivity contribution < 1.29 is 0 Å². The first-order valence-electron chi connectivity index (χ1n) is 11.6. The number of thiocarbonyl (C=S) groups is 1. The molecular weight excluding hydrogens is 450 g/mol. The zero-order valence-electron chi connectivity index (χ0n) is 19.3. The molecule has 2 aliphatic rings. The van der Waals surface area contributed by atoms with Gasteiger partial charge in [-0.05, 0) is 80.4 Å². The molecule has 7 heteroatoms. The Balaban J connectivity index is 1.53. The van der Waals surface area contributed by atoms with E-state index in [4.69, 9.17) is 23.8 Å². The molecule has 3 aromatic rings. The Morgan fingerprint density at radius 1 is 1.09 bits per heavy atom. The number of anilines is 2. The molecule has 0 aliphatic carbocycles. The smallest absolute Gasteiger partial charge is 0.174 e. The van der Waals surface area contributed by atoms with Gasteiger partial charge in [-0.1, -0.05) is 24.6 Å². The van der Waals surface area contributed by atoms with Gasteiger partial charge in [0.2, 0.25) is 0 Å². The molecule has 1 aromatic carbocycles. The van der Waals surface area contributed by atoms with Crippen LogP contribution in [0.3, 0.4) is 0 Å². The van der Waals surface area contributed by atoms with E-state index in [0.717, 1.165) is 41.1 Å². The number of piperidine rings is 1. The highest BCUT2D eigenvalue weighted by molar-refractivity contribution is 7.80. The molecule has 0 spiro atoms. The molecule has 172 valence electrons. The lowest BCUT2D eigenvalue weighted by Gasteiger charge is -2.33. The maximum atomic E-state index is 6.86. The Morgan fingerprint density at radius 3 is 2.52 bits per heavy atom. The zero-order valence-corrected chi connectivity index (χ0v) is 20.9. The molecule has 0 saturated carbocycles. The van der Waals surface area contributed by atoms with Crippen LogP contribution in [0.2, 0.25) is 5.02 Å². The second-order valence-corrected chi connectivity index (χ2v) is 10.1. The summed E-state index contributed by atoms with van der Waals surface area (Å²) >= 11 is 12.7. The lowest BCUT2D eigenvalue weighted by molar-refractivity contribution is 0.438. The van der Waals surface area contributed by atoms with Crippen LogP contribution < -0.4 is 15.1 Å². The number of hydrogen-bond acceptors (Lipinski definition) is 3. The van der Waals surface area contributed by atoms with E-state index in [0.29, 0.717) is 5.11 Å². The maximum Gasteiger partial charge on any atom is 0.174 e. The molecule has 5 rings (SSSR count). The number of nitrogens with one attached hydrogen (secondary N) is 1. The first-order valence-corrected chi connectivity index (χ1v) is 12.4. The monoisotopic (exact) mass is 479 g/mol. The van der Waals surface area contributed by atoms with Crippen LogP contribution in [0, 0.1) is 12.8 Å². The fourth-order valence-electron chi connectivity index (χ4n) is 5.02. The highest BCUT2D eigenvalue weighted by Crippen LogP contribution is 2.43. The second-order valence-electron chi connectivity index (χ2n) is 9.26. The standard InChI is InChI=1S/C26H30ClN5S/c1-17-11-14-31(15-12-17)22-10-8-19(16-20(22)27)32-25(23-9-7-18(2)30(23)3)24(29-26(32)33)21-6-4-5-13-28-21/h4-10,13,16-17,24-25H,11-12,14-15H2,1-3H3,(H,29,33)/t24-,25-/m0/s1. The minimum atomic E-state index is -0.0614. The summed E-state index contributed by atoms with van der Waals surface area (Å²) in [5.74, 6) is 0.783. The van der Waals surface area contributed by atoms with E-state index < -0.39 is 0 Å². The lowest BCUT2D eigenvalue weighted by Crippen LogP contribution is -2.33. The number of pyridine rings is 1. The summed E-state index contributed by atoms with van der Waals surface area (Å²) < 4.78 is 2.23. The molecule has 2 saturated heterocycles. The van der Waals surface area contributed by atoms with Crippen LogP contribution in [-0.4, -0.2) is 27.8 Å². The van der Waals surface area contributed by atoms with Crippen LogP contribution in [0.1, 0.15) is 48.9 Å². The van der Waals surface area contributed by atoms with Gasteiger partial charge >= 0.3 is 0 Å². The van der Waals surface area contributed by atoms with Crippen LogP contribution in [0.25, 0.3) is 0 Å². The van der Waals surface area contributed by atoms with Crippen molar-refractivity contribution in [3.8, 4) is 0 Å². The van der Waals surface area contributed by atoms with Gasteiger partial charge in [0, 0.05) is 43.4 Å². The first kappa shape index (κ1) is 22.2. The number of rotatable bonds is 4. The Labute approximate surface area is 206 Å². The minimum Gasteiger partial charge on any atom is -0.370 e. The summed E-state index contributed by atoms with van der Waals surface area (Å²) in [6.45, 7) is 6.55. The van der Waals surface area contributed by atoms with Crippen LogP contribution in [-0.2, 0) is 7.05 Å². The van der Waals surface area contributed by atoms with Crippen molar-refractivity contribution in [2.24, 2.45) is 13.0 Å². The van der Waals surface area contributed by atoms with E-state index in [2.05, 4.69) is 82.0 Å². The van der Waals surface area contributed by atoms with Gasteiger partial charge in [-0.25, -0.2) is 0 Å². The summed E-state index contributed by atoms with van der Waals surface area (Å²) in [6.07, 6.45) is 4.25. The number of aromatic nitrogens is 2. The lowest BCUT2D eigenvalue weighted by atomic mass is 9.98. The first-order chi connectivity index (χ1) is 15.9. The van der Waals surface area contributed by atoms with E-state index in [9.17, 15) is 0 Å². The molecule has 0 amide bonds. The molecule has 2 atom stereocenters. The Kier molecular flexibility index (Phi) is 6.06. The average Bonchev–Trinajstić information content (AvgIpc) is 3.33. The topological polar surface area (TPSA) is 36.3 Å². The van der Waals surface area contributed by atoms with Crippen LogP contribution >= 0.6 is 23.8 Å². The normalized spacial score (nSPS) is 21.5. The molecule has 2 aromatic heterocycles. The van der Waals surface area contributed by atoms with E-state index in [1.54, 1.807) is 0 Å². The molecule has 0 bridgehead atoms. The van der Waals surface area contributed by atoms with Gasteiger partial charge in [0.1, 0.15) is 6.04 Å². The van der Waals surface area contributed by atoms with Gasteiger partial charge in [-0.3, -0.25) is 4.98 Å². The molecule has 0 unspecified atom stereocenters. The average molecular weight is 480 g/mol. The van der Waals surface area contributed by atoms with Crippen molar-refractivity contribution in [1.29, 1.82) is 0 Å². The van der Waals surface area contributed by atoms with Gasteiger partial charge in [0.05, 0.1) is 22.4 Å². The highest BCUT2D eigenvalue weighted by Gasteiger charge is 2.42. The van der Waals surface area contributed by atoms with Gasteiger partial charge in [-0.15, -0.1) is 0 Å². The molecule has 4 heterocycles. The van der Waals surface area contributed by atoms with Gasteiger partial charge in [0.15, 0.2) is 5.11 Å². The molecule has 0 radical (unpaired) electrons. The third-order valence-electron chi connectivity index (χ3n) is 7.15. The fourth-order valence-corrected chi connectivity index (χ4v) is 5.66. The van der Waals surface area contributed by atoms with Gasteiger partial charge in [0.25, 0.3) is 0 Å². The van der Waals surface area contributed by atoms with E-state index in [-0.39, 0.29) is 12.1 Å². The summed E-state index contributed by atoms with van der Waals surface area (Å²) in [4.78, 5) is 9.24. The minimum absolute atomic E-state index is 0.0381. The van der Waals surface area contributed by atoms with E-state index in [1.807, 2.05) is 18.3 Å². The van der Waals surface area contributed by atoms with E-state index >= 15 is 0 Å². The van der Waals surface area contributed by atoms with Crippen molar-refractivity contribution in [2.45, 2.75) is 38.8 Å². The SMILES string of the molecule is Cc1ccc([C@H]2[C@H](c3ccccn3)NC(=S)N2c2ccc(N3CCC(C)CC3)c(Cl)c2)n1C. The summed E-state index contributed by atoms with van der Waals surface area (Å²) in [5, 5.41) is 4.99. The van der Waals surface area contributed by atoms with Crippen molar-refractivity contribution in [2.75, 3.05) is 22.9 Å². The largest absolute Gasteiger partial charge is 0.370 e. The third-order valence-corrected chi connectivity index (χ3v) is 7.76. The van der Waals surface area contributed by atoms with Crippen LogP contribution in [0.5, 0.6) is 0 Å². The molecule has 5 nitrogen and oxygen atoms in total. The summed E-state index contributed by atoms with van der Waals surface area (Å²) in [5.41, 5.74) is 5.46. The van der Waals surface area contributed by atoms with Crippen LogP contribution in [0.15, 0.2) is 54.7 Å². The van der Waals surface area contributed by atoms with E-state index in [1.165, 1.54) is 24.2 Å². The number of nitrogens with zero attached hydrogens (tertiary/aromatic N) is 4. The van der Waals surface area contributed by atoms with Gasteiger partial charge < -0.3 is 19.7 Å². The predicted octanol–water partition coefficient (Wildman–Crippen LogP) is 5.80. The quantitative estimate of drug-likeness (QED) is 0.479. The summed E-state index contributed by atoms with van der Waals surface area (Å²) in [6, 6.07) is 16.6.